The second-order valence-electron chi connectivity index (χ2n) is 3.71. The molecule has 0 aliphatic carbocycles. The van der Waals surface area contributed by atoms with E-state index in [1.165, 1.54) is 6.07 Å². The van der Waals surface area contributed by atoms with Gasteiger partial charge in [0.05, 0.1) is 5.02 Å². The molecule has 1 rings (SSSR count). The lowest BCUT2D eigenvalue weighted by atomic mass is 10.1. The summed E-state index contributed by atoms with van der Waals surface area (Å²) in [6.07, 6.45) is 1.99. The molecule has 2 nitrogen and oxygen atoms in total. The summed E-state index contributed by atoms with van der Waals surface area (Å²) in [4.78, 5) is 0. The lowest BCUT2D eigenvalue weighted by Crippen LogP contribution is -2.21. The second-order valence-corrected chi connectivity index (χ2v) is 4.11. The summed E-state index contributed by atoms with van der Waals surface area (Å²) in [7, 11) is 1.94. The summed E-state index contributed by atoms with van der Waals surface area (Å²) in [5, 5.41) is 6.62. The molecule has 0 atom stereocenters. The van der Waals surface area contributed by atoms with Gasteiger partial charge in [0.2, 0.25) is 0 Å². The Morgan fingerprint density at radius 1 is 1.25 bits per heavy atom. The molecule has 0 radical (unpaired) electrons. The number of nitrogens with one attached hydrogen (secondary N) is 2. The van der Waals surface area contributed by atoms with E-state index in [4.69, 9.17) is 11.6 Å². The van der Waals surface area contributed by atoms with Crippen molar-refractivity contribution in [2.24, 2.45) is 0 Å². The molecule has 0 amide bonds. The van der Waals surface area contributed by atoms with Gasteiger partial charge in [-0.1, -0.05) is 17.7 Å². The third kappa shape index (κ3) is 4.92. The molecule has 1 aromatic rings. The lowest BCUT2D eigenvalue weighted by molar-refractivity contribution is 0.619. The van der Waals surface area contributed by atoms with E-state index in [9.17, 15) is 4.39 Å². The highest BCUT2D eigenvalue weighted by Gasteiger charge is 2.00. The lowest BCUT2D eigenvalue weighted by Gasteiger charge is -2.05. The van der Waals surface area contributed by atoms with Crippen LogP contribution in [0.5, 0.6) is 0 Å². The van der Waals surface area contributed by atoms with Gasteiger partial charge in [0.25, 0.3) is 0 Å². The molecule has 0 aliphatic rings. The van der Waals surface area contributed by atoms with Gasteiger partial charge < -0.3 is 10.6 Å². The zero-order valence-electron chi connectivity index (χ0n) is 9.52. The fourth-order valence-corrected chi connectivity index (χ4v) is 1.65. The van der Waals surface area contributed by atoms with E-state index < -0.39 is 0 Å². The third-order valence-electron chi connectivity index (χ3n) is 2.35. The van der Waals surface area contributed by atoms with E-state index in [2.05, 4.69) is 10.6 Å². The summed E-state index contributed by atoms with van der Waals surface area (Å²) < 4.78 is 12.9. The molecular weight excluding hydrogens is 227 g/mol. The van der Waals surface area contributed by atoms with Crippen molar-refractivity contribution in [2.75, 3.05) is 26.7 Å². The van der Waals surface area contributed by atoms with Gasteiger partial charge >= 0.3 is 0 Å². The summed E-state index contributed by atoms with van der Waals surface area (Å²) in [5.74, 6) is -0.354. The molecule has 0 spiro atoms. The average Bonchev–Trinajstić information content (AvgIpc) is 2.28. The van der Waals surface area contributed by atoms with Crippen LogP contribution in [0, 0.1) is 5.82 Å². The monoisotopic (exact) mass is 244 g/mol. The van der Waals surface area contributed by atoms with Gasteiger partial charge in [0.1, 0.15) is 5.82 Å². The summed E-state index contributed by atoms with van der Waals surface area (Å²) in [5.41, 5.74) is 1.06. The Balaban J connectivity index is 2.19. The van der Waals surface area contributed by atoms with E-state index in [0.29, 0.717) is 0 Å². The molecule has 0 saturated carbocycles. The summed E-state index contributed by atoms with van der Waals surface area (Å²) in [6, 6.07) is 4.88. The first kappa shape index (κ1) is 13.4. The summed E-state index contributed by atoms with van der Waals surface area (Å²) in [6.45, 7) is 2.91. The van der Waals surface area contributed by atoms with Crippen LogP contribution in [0.1, 0.15) is 12.0 Å². The maximum absolute atomic E-state index is 12.9. The molecule has 2 N–H and O–H groups in total. The number of benzene rings is 1. The predicted octanol–water partition coefficient (Wildman–Crippen LogP) is 2.22. The van der Waals surface area contributed by atoms with Crippen molar-refractivity contribution in [1.29, 1.82) is 0 Å². The van der Waals surface area contributed by atoms with Gasteiger partial charge in [-0.3, -0.25) is 0 Å². The van der Waals surface area contributed by atoms with Crippen LogP contribution in [0.3, 0.4) is 0 Å². The minimum absolute atomic E-state index is 0.202. The van der Waals surface area contributed by atoms with Crippen molar-refractivity contribution >= 4 is 11.6 Å². The minimum Gasteiger partial charge on any atom is -0.320 e. The maximum Gasteiger partial charge on any atom is 0.141 e. The van der Waals surface area contributed by atoms with Crippen LogP contribution in [-0.4, -0.2) is 26.7 Å². The minimum atomic E-state index is -0.354. The Bertz CT molecular complexity index is 318. The van der Waals surface area contributed by atoms with Crippen molar-refractivity contribution in [3.63, 3.8) is 0 Å². The van der Waals surface area contributed by atoms with Crippen molar-refractivity contribution in [3.05, 3.63) is 34.6 Å². The molecule has 0 saturated heterocycles. The molecule has 0 aliphatic heterocycles. The fraction of sp³-hybridized carbons (Fsp3) is 0.500. The van der Waals surface area contributed by atoms with Gasteiger partial charge in [-0.2, -0.15) is 0 Å². The van der Waals surface area contributed by atoms with Gasteiger partial charge in [-0.25, -0.2) is 4.39 Å². The van der Waals surface area contributed by atoms with Gasteiger partial charge in [0, 0.05) is 0 Å². The Kier molecular flexibility index (Phi) is 6.38. The highest BCUT2D eigenvalue weighted by molar-refractivity contribution is 6.30. The van der Waals surface area contributed by atoms with Crippen LogP contribution in [0.15, 0.2) is 18.2 Å². The SMILES string of the molecule is CNCCCNCCc1ccc(F)c(Cl)c1. The van der Waals surface area contributed by atoms with E-state index in [-0.39, 0.29) is 10.8 Å². The molecule has 90 valence electrons. The van der Waals surface area contributed by atoms with Crippen LogP contribution in [0.4, 0.5) is 4.39 Å². The molecule has 1 aromatic carbocycles. The van der Waals surface area contributed by atoms with Crippen molar-refractivity contribution in [1.82, 2.24) is 10.6 Å². The molecule has 4 heteroatoms. The smallest absolute Gasteiger partial charge is 0.141 e. The maximum atomic E-state index is 12.9. The highest BCUT2D eigenvalue weighted by atomic mass is 35.5. The summed E-state index contributed by atoms with van der Waals surface area (Å²) >= 11 is 5.69. The largest absolute Gasteiger partial charge is 0.320 e. The normalized spacial score (nSPS) is 10.7. The molecular formula is C12H18ClFN2. The zero-order valence-corrected chi connectivity index (χ0v) is 10.3. The van der Waals surface area contributed by atoms with E-state index >= 15 is 0 Å². The molecule has 0 aromatic heterocycles. The quantitative estimate of drug-likeness (QED) is 0.719. The van der Waals surface area contributed by atoms with Crippen LogP contribution >= 0.6 is 11.6 Å². The molecule has 0 unspecified atom stereocenters. The first-order chi connectivity index (χ1) is 7.74. The van der Waals surface area contributed by atoms with Crippen LogP contribution in [-0.2, 0) is 6.42 Å². The van der Waals surface area contributed by atoms with Crippen LogP contribution in [0.2, 0.25) is 5.02 Å². The predicted molar refractivity (Wildman–Crippen MR) is 66.5 cm³/mol. The number of rotatable bonds is 7. The standard InChI is InChI=1S/C12H18ClFN2/c1-15-6-2-7-16-8-5-10-3-4-12(14)11(13)9-10/h3-4,9,15-16H,2,5-8H2,1H3. The van der Waals surface area contributed by atoms with E-state index in [1.54, 1.807) is 12.1 Å². The number of hydrogen-bond donors (Lipinski definition) is 2. The second kappa shape index (κ2) is 7.60. The topological polar surface area (TPSA) is 24.1 Å². The molecule has 16 heavy (non-hydrogen) atoms. The van der Waals surface area contributed by atoms with Gasteiger partial charge in [-0.15, -0.1) is 0 Å². The van der Waals surface area contributed by atoms with Crippen molar-refractivity contribution in [2.45, 2.75) is 12.8 Å². The van der Waals surface area contributed by atoms with Crippen molar-refractivity contribution in [3.8, 4) is 0 Å². The first-order valence-electron chi connectivity index (χ1n) is 5.53. The Hall–Kier alpha value is -0.640. The molecule has 0 bridgehead atoms. The van der Waals surface area contributed by atoms with E-state index in [0.717, 1.165) is 38.0 Å². The zero-order chi connectivity index (χ0) is 11.8. The Morgan fingerprint density at radius 3 is 2.75 bits per heavy atom. The van der Waals surface area contributed by atoms with Gasteiger partial charge in [0.15, 0.2) is 0 Å². The van der Waals surface area contributed by atoms with Crippen molar-refractivity contribution < 1.29 is 4.39 Å². The van der Waals surface area contributed by atoms with Crippen LogP contribution in [0.25, 0.3) is 0 Å². The number of hydrogen-bond acceptors (Lipinski definition) is 2. The Morgan fingerprint density at radius 2 is 2.06 bits per heavy atom. The molecule has 0 heterocycles. The van der Waals surface area contributed by atoms with Gasteiger partial charge in [-0.05, 0) is 57.2 Å². The fourth-order valence-electron chi connectivity index (χ4n) is 1.44. The average molecular weight is 245 g/mol. The molecule has 0 fully saturated rings. The first-order valence-corrected chi connectivity index (χ1v) is 5.91. The highest BCUT2D eigenvalue weighted by Crippen LogP contribution is 2.15. The third-order valence-corrected chi connectivity index (χ3v) is 2.64. The Labute approximate surface area is 101 Å². The van der Waals surface area contributed by atoms with E-state index in [1.807, 2.05) is 7.05 Å². The van der Waals surface area contributed by atoms with Crippen LogP contribution < -0.4 is 10.6 Å². The number of halogens is 2.